The van der Waals surface area contributed by atoms with Gasteiger partial charge in [0, 0.05) is 11.5 Å². The third kappa shape index (κ3) is 4.13. The summed E-state index contributed by atoms with van der Waals surface area (Å²) < 4.78 is 3.14. The number of nitrogens with one attached hydrogen (secondary N) is 1. The van der Waals surface area contributed by atoms with Crippen molar-refractivity contribution < 1.29 is 4.79 Å². The molecule has 0 radical (unpaired) electrons. The highest BCUT2D eigenvalue weighted by atomic mass is 79.9. The van der Waals surface area contributed by atoms with Gasteiger partial charge < -0.3 is 5.32 Å². The molecule has 0 bridgehead atoms. The molecule has 3 aromatic rings. The molecule has 1 N–H and O–H groups in total. The second kappa shape index (κ2) is 7.72. The number of amides is 1. The van der Waals surface area contributed by atoms with Crippen molar-refractivity contribution in [3.63, 3.8) is 0 Å². The Morgan fingerprint density at radius 1 is 1.36 bits per heavy atom. The van der Waals surface area contributed by atoms with Gasteiger partial charge in [-0.05, 0) is 36.1 Å². The summed E-state index contributed by atoms with van der Waals surface area (Å²) >= 11 is 6.04. The zero-order valence-electron chi connectivity index (χ0n) is 13.7. The number of thiophene rings is 1. The Morgan fingerprint density at radius 2 is 2.08 bits per heavy atom. The molecule has 0 spiro atoms. The highest BCUT2D eigenvalue weighted by Crippen LogP contribution is 2.21. The van der Waals surface area contributed by atoms with Crippen LogP contribution in [0.2, 0.25) is 0 Å². The molecular formula is C17H16BrN3O2S2. The van der Waals surface area contributed by atoms with Gasteiger partial charge in [0.15, 0.2) is 5.16 Å². The summed E-state index contributed by atoms with van der Waals surface area (Å²) in [5, 5.41) is 5.36. The topological polar surface area (TPSA) is 64.0 Å². The molecular weight excluding hydrogens is 422 g/mol. The fourth-order valence-electron chi connectivity index (χ4n) is 2.34. The molecule has 0 saturated carbocycles. The van der Waals surface area contributed by atoms with E-state index in [4.69, 9.17) is 0 Å². The van der Waals surface area contributed by atoms with Gasteiger partial charge in [-0.2, -0.15) is 0 Å². The minimum Gasteiger partial charge on any atom is -0.349 e. The summed E-state index contributed by atoms with van der Waals surface area (Å²) in [6.07, 6.45) is 0. The van der Waals surface area contributed by atoms with E-state index in [9.17, 15) is 9.59 Å². The molecule has 130 valence electrons. The smallest absolute Gasteiger partial charge is 0.271 e. The molecule has 1 atom stereocenters. The van der Waals surface area contributed by atoms with Crippen molar-refractivity contribution in [1.29, 1.82) is 0 Å². The second-order valence-electron chi connectivity index (χ2n) is 5.52. The van der Waals surface area contributed by atoms with Gasteiger partial charge in [-0.3, -0.25) is 14.2 Å². The Balaban J connectivity index is 1.65. The monoisotopic (exact) mass is 437 g/mol. The Labute approximate surface area is 161 Å². The molecule has 2 heterocycles. The summed E-state index contributed by atoms with van der Waals surface area (Å²) in [6, 6.07) is 9.57. The van der Waals surface area contributed by atoms with Gasteiger partial charge in [0.1, 0.15) is 4.70 Å². The van der Waals surface area contributed by atoms with Crippen LogP contribution in [0.1, 0.15) is 18.5 Å². The maximum absolute atomic E-state index is 12.3. The number of fused-ring (bicyclic) bond motifs is 1. The van der Waals surface area contributed by atoms with Crippen molar-refractivity contribution in [2.45, 2.75) is 18.1 Å². The van der Waals surface area contributed by atoms with Crippen LogP contribution in [0, 0.1) is 0 Å². The van der Waals surface area contributed by atoms with Crippen LogP contribution in [0.4, 0.5) is 0 Å². The van der Waals surface area contributed by atoms with Gasteiger partial charge in [-0.15, -0.1) is 11.3 Å². The number of carbonyl (C=O) groups excluding carboxylic acids is 1. The lowest BCUT2D eigenvalue weighted by Crippen LogP contribution is -2.28. The predicted molar refractivity (Wildman–Crippen MR) is 106 cm³/mol. The number of aromatic nitrogens is 2. The van der Waals surface area contributed by atoms with Crippen molar-refractivity contribution in [3.05, 3.63) is 56.1 Å². The summed E-state index contributed by atoms with van der Waals surface area (Å²) in [4.78, 5) is 28.9. The maximum atomic E-state index is 12.3. The van der Waals surface area contributed by atoms with Crippen molar-refractivity contribution in [2.75, 3.05) is 5.75 Å². The van der Waals surface area contributed by atoms with Crippen LogP contribution in [0.5, 0.6) is 0 Å². The van der Waals surface area contributed by atoms with E-state index in [1.165, 1.54) is 27.7 Å². The molecule has 8 heteroatoms. The fourth-order valence-corrected chi connectivity index (χ4v) is 4.20. The second-order valence-corrected chi connectivity index (χ2v) is 8.30. The first kappa shape index (κ1) is 18.2. The molecule has 1 unspecified atom stereocenters. The molecule has 0 saturated heterocycles. The Kier molecular flexibility index (Phi) is 5.61. The molecule has 25 heavy (non-hydrogen) atoms. The van der Waals surface area contributed by atoms with Crippen molar-refractivity contribution >= 4 is 55.2 Å². The van der Waals surface area contributed by atoms with Crippen molar-refractivity contribution in [1.82, 2.24) is 14.9 Å². The van der Waals surface area contributed by atoms with Crippen LogP contribution < -0.4 is 10.9 Å². The van der Waals surface area contributed by atoms with Crippen LogP contribution in [0.25, 0.3) is 10.2 Å². The van der Waals surface area contributed by atoms with E-state index in [2.05, 4.69) is 26.2 Å². The van der Waals surface area contributed by atoms with Crippen molar-refractivity contribution in [2.24, 2.45) is 7.05 Å². The van der Waals surface area contributed by atoms with Crippen molar-refractivity contribution in [3.8, 4) is 0 Å². The number of benzene rings is 1. The van der Waals surface area contributed by atoms with Crippen LogP contribution in [0.3, 0.4) is 0 Å². The van der Waals surface area contributed by atoms with E-state index >= 15 is 0 Å². The first-order valence-electron chi connectivity index (χ1n) is 7.57. The molecule has 0 aliphatic carbocycles. The van der Waals surface area contributed by atoms with E-state index in [0.29, 0.717) is 15.4 Å². The number of thioether (sulfide) groups is 1. The van der Waals surface area contributed by atoms with Gasteiger partial charge >= 0.3 is 0 Å². The Morgan fingerprint density at radius 3 is 2.80 bits per heavy atom. The van der Waals surface area contributed by atoms with Gasteiger partial charge in [0.25, 0.3) is 5.56 Å². The van der Waals surface area contributed by atoms with Gasteiger partial charge in [0.05, 0.1) is 17.3 Å². The quantitative estimate of drug-likeness (QED) is 0.487. The SMILES string of the molecule is CC(NC(=O)CSc1nc2ccsc2c(=O)n1C)c1ccc(Br)cc1. The lowest BCUT2D eigenvalue weighted by molar-refractivity contribution is -0.119. The van der Waals surface area contributed by atoms with E-state index < -0.39 is 0 Å². The minimum absolute atomic E-state index is 0.0776. The number of carbonyl (C=O) groups is 1. The molecule has 1 amide bonds. The third-order valence-corrected chi connectivity index (χ3v) is 6.18. The minimum atomic E-state index is -0.0971. The third-order valence-electron chi connectivity index (χ3n) is 3.73. The van der Waals surface area contributed by atoms with E-state index in [1.54, 1.807) is 7.05 Å². The van der Waals surface area contributed by atoms with Crippen LogP contribution in [0.15, 0.2) is 50.1 Å². The van der Waals surface area contributed by atoms with Gasteiger partial charge in [-0.25, -0.2) is 4.98 Å². The lowest BCUT2D eigenvalue weighted by Gasteiger charge is -2.14. The summed E-state index contributed by atoms with van der Waals surface area (Å²) in [7, 11) is 1.68. The number of rotatable bonds is 5. The molecule has 1 aromatic carbocycles. The number of halogens is 1. The molecule has 5 nitrogen and oxygen atoms in total. The average molecular weight is 438 g/mol. The van der Waals surface area contributed by atoms with Crippen LogP contribution in [-0.2, 0) is 11.8 Å². The van der Waals surface area contributed by atoms with Gasteiger partial charge in [-0.1, -0.05) is 39.8 Å². The van der Waals surface area contributed by atoms with Crippen LogP contribution >= 0.6 is 39.0 Å². The molecule has 2 aromatic heterocycles. The van der Waals surface area contributed by atoms with Gasteiger partial charge in [0.2, 0.25) is 5.91 Å². The molecule has 0 aliphatic rings. The normalized spacial score (nSPS) is 12.3. The first-order chi connectivity index (χ1) is 12.0. The summed E-state index contributed by atoms with van der Waals surface area (Å²) in [5.41, 5.74) is 1.64. The zero-order valence-corrected chi connectivity index (χ0v) is 16.9. The summed E-state index contributed by atoms with van der Waals surface area (Å²) in [5.74, 6) is 0.108. The fraction of sp³-hybridized carbons (Fsp3) is 0.235. The molecule has 0 fully saturated rings. The lowest BCUT2D eigenvalue weighted by atomic mass is 10.1. The highest BCUT2D eigenvalue weighted by molar-refractivity contribution is 9.10. The van der Waals surface area contributed by atoms with Crippen LogP contribution in [-0.4, -0.2) is 21.2 Å². The Bertz CT molecular complexity index is 966. The highest BCUT2D eigenvalue weighted by Gasteiger charge is 2.13. The Hall–Kier alpha value is -1.64. The molecule has 0 aliphatic heterocycles. The average Bonchev–Trinajstić information content (AvgIpc) is 3.06. The molecule has 3 rings (SSSR count). The maximum Gasteiger partial charge on any atom is 0.271 e. The largest absolute Gasteiger partial charge is 0.349 e. The zero-order chi connectivity index (χ0) is 18.0. The van der Waals surface area contributed by atoms with E-state index in [1.807, 2.05) is 42.6 Å². The standard InChI is InChI=1S/C17H16BrN3O2S2/c1-10(11-3-5-12(18)6-4-11)19-14(22)9-25-17-20-13-7-8-24-15(13)16(23)21(17)2/h3-8,10H,9H2,1-2H3,(H,19,22). The number of hydrogen-bond acceptors (Lipinski definition) is 5. The van der Waals surface area contributed by atoms with E-state index in [0.717, 1.165) is 10.0 Å². The first-order valence-corrected chi connectivity index (χ1v) is 10.2. The number of hydrogen-bond donors (Lipinski definition) is 1. The summed E-state index contributed by atoms with van der Waals surface area (Å²) in [6.45, 7) is 1.94. The number of nitrogens with zero attached hydrogens (tertiary/aromatic N) is 2. The predicted octanol–water partition coefficient (Wildman–Crippen LogP) is 3.73. The van der Waals surface area contributed by atoms with E-state index in [-0.39, 0.29) is 23.3 Å².